The Morgan fingerprint density at radius 1 is 1.64 bits per heavy atom. The molecule has 4 nitrogen and oxygen atoms in total. The van der Waals surface area contributed by atoms with Crippen LogP contribution in [0.1, 0.15) is 26.2 Å². The summed E-state index contributed by atoms with van der Waals surface area (Å²) < 4.78 is 0. The van der Waals surface area contributed by atoms with E-state index in [2.05, 4.69) is 12.2 Å². The quantitative estimate of drug-likeness (QED) is 0.670. The van der Waals surface area contributed by atoms with Crippen molar-refractivity contribution in [2.75, 3.05) is 20.1 Å². The molecule has 2 N–H and O–H groups in total. The van der Waals surface area contributed by atoms with Crippen molar-refractivity contribution in [1.82, 2.24) is 10.2 Å². The number of carbonyl (C=O) groups excluding carboxylic acids is 1. The zero-order valence-electron chi connectivity index (χ0n) is 8.99. The summed E-state index contributed by atoms with van der Waals surface area (Å²) in [6, 6.07) is -0.378. The van der Waals surface area contributed by atoms with Crippen LogP contribution in [-0.2, 0) is 4.79 Å². The highest BCUT2D eigenvalue weighted by Gasteiger charge is 2.32. The van der Waals surface area contributed by atoms with Crippen LogP contribution in [0.15, 0.2) is 0 Å². The van der Waals surface area contributed by atoms with E-state index < -0.39 is 6.10 Å². The molecule has 0 aromatic rings. The summed E-state index contributed by atoms with van der Waals surface area (Å²) in [6.07, 6.45) is 2.27. The molecule has 4 heteroatoms. The Morgan fingerprint density at radius 3 is 2.86 bits per heavy atom. The van der Waals surface area contributed by atoms with Gasteiger partial charge in [-0.15, -0.1) is 0 Å². The van der Waals surface area contributed by atoms with E-state index in [-0.39, 0.29) is 11.9 Å². The highest BCUT2D eigenvalue weighted by Crippen LogP contribution is 2.09. The van der Waals surface area contributed by atoms with Gasteiger partial charge in [-0.2, -0.15) is 0 Å². The maximum atomic E-state index is 11.8. The monoisotopic (exact) mass is 200 g/mol. The van der Waals surface area contributed by atoms with Crippen LogP contribution in [0.25, 0.3) is 0 Å². The Bertz CT molecular complexity index is 197. The van der Waals surface area contributed by atoms with Crippen molar-refractivity contribution in [3.8, 4) is 0 Å². The third-order valence-corrected chi connectivity index (χ3v) is 2.68. The minimum Gasteiger partial charge on any atom is -0.391 e. The third-order valence-electron chi connectivity index (χ3n) is 2.68. The molecule has 0 aliphatic carbocycles. The number of aliphatic hydroxyl groups is 1. The Hall–Kier alpha value is -0.610. The van der Waals surface area contributed by atoms with E-state index in [0.717, 1.165) is 25.9 Å². The second kappa shape index (κ2) is 5.32. The fourth-order valence-corrected chi connectivity index (χ4v) is 1.68. The van der Waals surface area contributed by atoms with Crippen molar-refractivity contribution in [2.24, 2.45) is 0 Å². The van der Waals surface area contributed by atoms with Crippen LogP contribution in [0.4, 0.5) is 0 Å². The number of nitrogens with zero attached hydrogens (tertiary/aromatic N) is 1. The smallest absolute Gasteiger partial charge is 0.242 e. The molecule has 1 saturated heterocycles. The Kier molecular flexibility index (Phi) is 4.35. The molecule has 1 amide bonds. The Balaban J connectivity index is 2.39. The summed E-state index contributed by atoms with van der Waals surface area (Å²) in [4.78, 5) is 13.5. The van der Waals surface area contributed by atoms with Gasteiger partial charge < -0.3 is 15.3 Å². The molecule has 2 atom stereocenters. The van der Waals surface area contributed by atoms with Crippen LogP contribution in [0.5, 0.6) is 0 Å². The molecular formula is C10H20N2O2. The predicted octanol–water partition coefficient (Wildman–Crippen LogP) is -0.0323. The zero-order valence-corrected chi connectivity index (χ0v) is 8.99. The fourth-order valence-electron chi connectivity index (χ4n) is 1.68. The number of unbranched alkanes of at least 4 members (excludes halogenated alkanes) is 1. The lowest BCUT2D eigenvalue weighted by atomic mass is 10.1. The van der Waals surface area contributed by atoms with Gasteiger partial charge in [-0.05, 0) is 19.4 Å². The minimum atomic E-state index is -0.508. The standard InChI is InChI=1S/C10H20N2O2/c1-3-4-7-12(2)10(14)9-8(13)5-6-11-9/h8-9,11,13H,3-7H2,1-2H3/t8?,9-/m0/s1. The number of aliphatic hydroxyl groups excluding tert-OH is 1. The second-order valence-corrected chi connectivity index (χ2v) is 3.90. The Morgan fingerprint density at radius 2 is 2.36 bits per heavy atom. The van der Waals surface area contributed by atoms with Crippen molar-refractivity contribution in [3.63, 3.8) is 0 Å². The van der Waals surface area contributed by atoms with Gasteiger partial charge in [0.25, 0.3) is 0 Å². The molecule has 1 unspecified atom stereocenters. The largest absolute Gasteiger partial charge is 0.391 e. The number of hydrogen-bond acceptors (Lipinski definition) is 3. The van der Waals surface area contributed by atoms with Crippen molar-refractivity contribution in [1.29, 1.82) is 0 Å². The van der Waals surface area contributed by atoms with Crippen LogP contribution in [0.3, 0.4) is 0 Å². The van der Waals surface area contributed by atoms with Crippen molar-refractivity contribution in [3.05, 3.63) is 0 Å². The van der Waals surface area contributed by atoms with Crippen LogP contribution in [0.2, 0.25) is 0 Å². The molecule has 1 heterocycles. The molecule has 0 spiro atoms. The van der Waals surface area contributed by atoms with Crippen molar-refractivity contribution >= 4 is 5.91 Å². The third kappa shape index (κ3) is 2.69. The molecule has 0 saturated carbocycles. The lowest BCUT2D eigenvalue weighted by Crippen LogP contribution is -2.46. The summed E-state index contributed by atoms with van der Waals surface area (Å²) in [5.41, 5.74) is 0. The first kappa shape index (κ1) is 11.5. The summed E-state index contributed by atoms with van der Waals surface area (Å²) in [6.45, 7) is 3.61. The van der Waals surface area contributed by atoms with Gasteiger partial charge in [0, 0.05) is 13.6 Å². The van der Waals surface area contributed by atoms with Crippen LogP contribution in [0, 0.1) is 0 Å². The van der Waals surface area contributed by atoms with E-state index in [1.807, 2.05) is 0 Å². The lowest BCUT2D eigenvalue weighted by Gasteiger charge is -2.22. The van der Waals surface area contributed by atoms with E-state index in [1.165, 1.54) is 0 Å². The normalized spacial score (nSPS) is 26.5. The molecular weight excluding hydrogens is 180 g/mol. The molecule has 82 valence electrons. The van der Waals surface area contributed by atoms with Gasteiger partial charge >= 0.3 is 0 Å². The first-order chi connectivity index (χ1) is 6.66. The second-order valence-electron chi connectivity index (χ2n) is 3.90. The summed E-state index contributed by atoms with van der Waals surface area (Å²) in [5, 5.41) is 12.5. The molecule has 0 aromatic heterocycles. The SMILES string of the molecule is CCCCN(C)C(=O)[C@H]1NCCC1O. The number of amides is 1. The van der Waals surface area contributed by atoms with Gasteiger partial charge in [0.15, 0.2) is 0 Å². The van der Waals surface area contributed by atoms with Crippen molar-refractivity contribution < 1.29 is 9.90 Å². The van der Waals surface area contributed by atoms with Gasteiger partial charge in [0.1, 0.15) is 6.04 Å². The highest BCUT2D eigenvalue weighted by molar-refractivity contribution is 5.82. The van der Waals surface area contributed by atoms with E-state index in [4.69, 9.17) is 0 Å². The first-order valence-corrected chi connectivity index (χ1v) is 5.33. The molecule has 0 radical (unpaired) electrons. The molecule has 1 fully saturated rings. The average Bonchev–Trinajstić information content (AvgIpc) is 2.59. The van der Waals surface area contributed by atoms with Crippen LogP contribution >= 0.6 is 0 Å². The van der Waals surface area contributed by atoms with E-state index in [0.29, 0.717) is 6.42 Å². The van der Waals surface area contributed by atoms with E-state index in [9.17, 15) is 9.90 Å². The van der Waals surface area contributed by atoms with Gasteiger partial charge in [-0.1, -0.05) is 13.3 Å². The lowest BCUT2D eigenvalue weighted by molar-refractivity contribution is -0.133. The van der Waals surface area contributed by atoms with E-state index in [1.54, 1.807) is 11.9 Å². The summed E-state index contributed by atoms with van der Waals surface area (Å²) in [7, 11) is 1.80. The zero-order chi connectivity index (χ0) is 10.6. The maximum Gasteiger partial charge on any atom is 0.242 e. The number of hydrogen-bond donors (Lipinski definition) is 2. The first-order valence-electron chi connectivity index (χ1n) is 5.33. The molecule has 1 rings (SSSR count). The number of rotatable bonds is 4. The minimum absolute atomic E-state index is 0.0171. The van der Waals surface area contributed by atoms with Crippen LogP contribution < -0.4 is 5.32 Å². The fraction of sp³-hybridized carbons (Fsp3) is 0.900. The van der Waals surface area contributed by atoms with Gasteiger partial charge in [-0.3, -0.25) is 4.79 Å². The highest BCUT2D eigenvalue weighted by atomic mass is 16.3. The summed E-state index contributed by atoms with van der Waals surface area (Å²) in [5.74, 6) is 0.0171. The number of nitrogens with one attached hydrogen (secondary N) is 1. The number of likely N-dealkylation sites (N-methyl/N-ethyl adjacent to an activating group) is 1. The van der Waals surface area contributed by atoms with Crippen molar-refractivity contribution in [2.45, 2.75) is 38.3 Å². The molecule has 14 heavy (non-hydrogen) atoms. The molecule has 1 aliphatic rings. The molecule has 0 aromatic carbocycles. The predicted molar refractivity (Wildman–Crippen MR) is 55.0 cm³/mol. The molecule has 0 bridgehead atoms. The van der Waals surface area contributed by atoms with Gasteiger partial charge in [0.05, 0.1) is 6.10 Å². The number of carbonyl (C=O) groups is 1. The van der Waals surface area contributed by atoms with Gasteiger partial charge in [-0.25, -0.2) is 0 Å². The Labute approximate surface area is 85.3 Å². The molecule has 1 aliphatic heterocycles. The van der Waals surface area contributed by atoms with Crippen LogP contribution in [-0.4, -0.2) is 48.2 Å². The maximum absolute atomic E-state index is 11.8. The topological polar surface area (TPSA) is 52.6 Å². The van der Waals surface area contributed by atoms with E-state index >= 15 is 0 Å². The van der Waals surface area contributed by atoms with Gasteiger partial charge in [0.2, 0.25) is 5.91 Å². The average molecular weight is 200 g/mol. The summed E-state index contributed by atoms with van der Waals surface area (Å²) >= 11 is 0.